The molecule has 20 heavy (non-hydrogen) atoms. The Kier molecular flexibility index (Phi) is 3.31. The summed E-state index contributed by atoms with van der Waals surface area (Å²) in [6, 6.07) is 7.85. The standard InChI is InChI=1S/C15H16N2O2S/c1-8(2)13-15(20-17-16-13)14(18)12-7-10-6-9(3)4-5-11(10)19-12/h4-8,14,18H,1-3H3. The van der Waals surface area contributed by atoms with Gasteiger partial charge >= 0.3 is 0 Å². The van der Waals surface area contributed by atoms with Crippen molar-refractivity contribution in [3.05, 3.63) is 46.2 Å². The van der Waals surface area contributed by atoms with Crippen molar-refractivity contribution in [3.8, 4) is 0 Å². The summed E-state index contributed by atoms with van der Waals surface area (Å²) < 4.78 is 9.69. The van der Waals surface area contributed by atoms with E-state index >= 15 is 0 Å². The molecule has 1 atom stereocenters. The molecule has 2 heterocycles. The second kappa shape index (κ2) is 5.00. The molecule has 0 amide bonds. The van der Waals surface area contributed by atoms with Crippen molar-refractivity contribution in [2.45, 2.75) is 32.8 Å². The number of hydrogen-bond acceptors (Lipinski definition) is 5. The minimum absolute atomic E-state index is 0.227. The lowest BCUT2D eigenvalue weighted by Crippen LogP contribution is -2.01. The number of aliphatic hydroxyl groups excluding tert-OH is 1. The summed E-state index contributed by atoms with van der Waals surface area (Å²) in [7, 11) is 0. The normalized spacial score (nSPS) is 13.2. The predicted octanol–water partition coefficient (Wildman–Crippen LogP) is 3.80. The fraction of sp³-hybridized carbons (Fsp3) is 0.333. The van der Waals surface area contributed by atoms with Gasteiger partial charge in [0.15, 0.2) is 0 Å². The smallest absolute Gasteiger partial charge is 0.149 e. The average Bonchev–Trinajstić information content (AvgIpc) is 3.03. The fourth-order valence-electron chi connectivity index (χ4n) is 2.24. The Bertz CT molecular complexity index is 745. The van der Waals surface area contributed by atoms with E-state index in [2.05, 4.69) is 9.59 Å². The Morgan fingerprint density at radius 1 is 1.25 bits per heavy atom. The molecular formula is C15H16N2O2S. The van der Waals surface area contributed by atoms with E-state index in [9.17, 15) is 5.11 Å². The van der Waals surface area contributed by atoms with Crippen molar-refractivity contribution in [3.63, 3.8) is 0 Å². The van der Waals surface area contributed by atoms with Gasteiger partial charge in [0.1, 0.15) is 17.4 Å². The van der Waals surface area contributed by atoms with Crippen molar-refractivity contribution >= 4 is 22.5 Å². The Morgan fingerprint density at radius 3 is 2.80 bits per heavy atom. The quantitative estimate of drug-likeness (QED) is 0.796. The van der Waals surface area contributed by atoms with Crippen LogP contribution in [0.2, 0.25) is 0 Å². The van der Waals surface area contributed by atoms with Gasteiger partial charge in [0, 0.05) is 5.39 Å². The van der Waals surface area contributed by atoms with Gasteiger partial charge in [-0.05, 0) is 42.6 Å². The van der Waals surface area contributed by atoms with Crippen LogP contribution in [0.5, 0.6) is 0 Å². The van der Waals surface area contributed by atoms with Gasteiger partial charge < -0.3 is 9.52 Å². The molecule has 104 valence electrons. The van der Waals surface area contributed by atoms with Gasteiger partial charge in [0.2, 0.25) is 0 Å². The van der Waals surface area contributed by atoms with Gasteiger partial charge in [-0.1, -0.05) is 30.0 Å². The van der Waals surface area contributed by atoms with E-state index < -0.39 is 6.10 Å². The van der Waals surface area contributed by atoms with Crippen LogP contribution < -0.4 is 0 Å². The first-order valence-electron chi connectivity index (χ1n) is 6.56. The van der Waals surface area contributed by atoms with Crippen LogP contribution in [-0.2, 0) is 0 Å². The van der Waals surface area contributed by atoms with E-state index in [1.807, 2.05) is 45.0 Å². The largest absolute Gasteiger partial charge is 0.458 e. The topological polar surface area (TPSA) is 59.2 Å². The number of hydrogen-bond donors (Lipinski definition) is 1. The summed E-state index contributed by atoms with van der Waals surface area (Å²) in [6.45, 7) is 6.11. The molecule has 5 heteroatoms. The van der Waals surface area contributed by atoms with E-state index in [4.69, 9.17) is 4.42 Å². The molecule has 0 aliphatic rings. The molecule has 1 aromatic carbocycles. The minimum atomic E-state index is -0.805. The Balaban J connectivity index is 2.03. The number of rotatable bonds is 3. The molecule has 0 bridgehead atoms. The molecule has 0 aliphatic heterocycles. The molecule has 0 spiro atoms. The Hall–Kier alpha value is -1.72. The summed E-state index contributed by atoms with van der Waals surface area (Å²) in [4.78, 5) is 0.760. The van der Waals surface area contributed by atoms with Gasteiger partial charge in [0.05, 0.1) is 10.6 Å². The Morgan fingerprint density at radius 2 is 2.05 bits per heavy atom. The average molecular weight is 288 g/mol. The maximum Gasteiger partial charge on any atom is 0.149 e. The lowest BCUT2D eigenvalue weighted by Gasteiger charge is -2.08. The molecule has 3 rings (SSSR count). The summed E-state index contributed by atoms with van der Waals surface area (Å²) in [6.07, 6.45) is -0.805. The van der Waals surface area contributed by atoms with Crippen molar-refractivity contribution in [2.75, 3.05) is 0 Å². The third-order valence-electron chi connectivity index (χ3n) is 3.30. The van der Waals surface area contributed by atoms with Crippen LogP contribution in [0.1, 0.15) is 47.8 Å². The Labute approximate surface area is 121 Å². The van der Waals surface area contributed by atoms with Crippen LogP contribution in [0, 0.1) is 6.92 Å². The lowest BCUT2D eigenvalue weighted by atomic mass is 10.1. The van der Waals surface area contributed by atoms with Gasteiger partial charge in [-0.25, -0.2) is 0 Å². The first-order valence-corrected chi connectivity index (χ1v) is 7.34. The summed E-state index contributed by atoms with van der Waals surface area (Å²) in [5.41, 5.74) is 2.79. The summed E-state index contributed by atoms with van der Waals surface area (Å²) in [5.74, 6) is 0.767. The molecule has 0 aliphatic carbocycles. The van der Waals surface area contributed by atoms with Crippen LogP contribution in [0.25, 0.3) is 11.0 Å². The zero-order valence-electron chi connectivity index (χ0n) is 11.6. The van der Waals surface area contributed by atoms with E-state index in [1.54, 1.807) is 0 Å². The van der Waals surface area contributed by atoms with Gasteiger partial charge in [-0.2, -0.15) is 0 Å². The van der Waals surface area contributed by atoms with E-state index in [0.717, 1.165) is 21.5 Å². The van der Waals surface area contributed by atoms with Crippen LogP contribution in [0.15, 0.2) is 28.7 Å². The number of aromatic nitrogens is 2. The highest BCUT2D eigenvalue weighted by atomic mass is 32.1. The minimum Gasteiger partial charge on any atom is -0.458 e. The first-order chi connectivity index (χ1) is 9.56. The molecule has 0 fully saturated rings. The lowest BCUT2D eigenvalue weighted by molar-refractivity contribution is 0.194. The maximum atomic E-state index is 10.5. The third kappa shape index (κ3) is 2.23. The summed E-state index contributed by atoms with van der Waals surface area (Å²) in [5, 5.41) is 15.6. The molecule has 0 saturated carbocycles. The van der Waals surface area contributed by atoms with Gasteiger partial charge in [-0.15, -0.1) is 5.10 Å². The van der Waals surface area contributed by atoms with Gasteiger partial charge in [-0.3, -0.25) is 0 Å². The molecule has 4 nitrogen and oxygen atoms in total. The number of nitrogens with zero attached hydrogens (tertiary/aromatic N) is 2. The zero-order chi connectivity index (χ0) is 14.3. The van der Waals surface area contributed by atoms with E-state index in [1.165, 1.54) is 17.1 Å². The highest BCUT2D eigenvalue weighted by molar-refractivity contribution is 7.05. The van der Waals surface area contributed by atoms with Crippen molar-refractivity contribution in [2.24, 2.45) is 0 Å². The second-order valence-electron chi connectivity index (χ2n) is 5.27. The van der Waals surface area contributed by atoms with Gasteiger partial charge in [0.25, 0.3) is 0 Å². The number of aliphatic hydroxyl groups is 1. The third-order valence-corrected chi connectivity index (χ3v) is 4.09. The highest BCUT2D eigenvalue weighted by Crippen LogP contribution is 2.33. The van der Waals surface area contributed by atoms with E-state index in [0.29, 0.717) is 5.76 Å². The molecule has 2 aromatic heterocycles. The molecule has 1 N–H and O–H groups in total. The molecule has 1 unspecified atom stereocenters. The molecule has 3 aromatic rings. The number of aryl methyl sites for hydroxylation is 1. The SMILES string of the molecule is Cc1ccc2oc(C(O)c3snnc3C(C)C)cc2c1. The molecule has 0 radical (unpaired) electrons. The van der Waals surface area contributed by atoms with Crippen molar-refractivity contribution < 1.29 is 9.52 Å². The first kappa shape index (κ1) is 13.3. The van der Waals surface area contributed by atoms with Crippen molar-refractivity contribution in [1.29, 1.82) is 0 Å². The van der Waals surface area contributed by atoms with Crippen LogP contribution in [0.3, 0.4) is 0 Å². The number of furan rings is 1. The van der Waals surface area contributed by atoms with Crippen LogP contribution in [0.4, 0.5) is 0 Å². The van der Waals surface area contributed by atoms with Crippen LogP contribution >= 0.6 is 11.5 Å². The second-order valence-corrected chi connectivity index (χ2v) is 6.06. The van der Waals surface area contributed by atoms with Crippen LogP contribution in [-0.4, -0.2) is 14.7 Å². The highest BCUT2D eigenvalue weighted by Gasteiger charge is 2.23. The monoisotopic (exact) mass is 288 g/mol. The molecule has 0 saturated heterocycles. The summed E-state index contributed by atoms with van der Waals surface area (Å²) >= 11 is 1.22. The zero-order valence-corrected chi connectivity index (χ0v) is 12.4. The molecular weight excluding hydrogens is 272 g/mol. The number of benzene rings is 1. The fourth-order valence-corrected chi connectivity index (χ4v) is 3.04. The number of fused-ring (bicyclic) bond motifs is 1. The van der Waals surface area contributed by atoms with E-state index in [-0.39, 0.29) is 5.92 Å². The predicted molar refractivity (Wildman–Crippen MR) is 79.0 cm³/mol. The van der Waals surface area contributed by atoms with Crippen molar-refractivity contribution in [1.82, 2.24) is 9.59 Å². The maximum absolute atomic E-state index is 10.5.